The maximum atomic E-state index is 12.8. The largest absolute Gasteiger partial charge is 0.372 e. The summed E-state index contributed by atoms with van der Waals surface area (Å²) < 4.78 is 11.1. The first kappa shape index (κ1) is 14.3. The van der Waals surface area contributed by atoms with Gasteiger partial charge in [0.15, 0.2) is 5.82 Å². The van der Waals surface area contributed by atoms with Crippen molar-refractivity contribution < 1.29 is 14.3 Å². The van der Waals surface area contributed by atoms with Crippen LogP contribution in [0.2, 0.25) is 0 Å². The van der Waals surface area contributed by atoms with Crippen molar-refractivity contribution in [1.82, 2.24) is 20.1 Å². The molecule has 0 aliphatic carbocycles. The Morgan fingerprint density at radius 1 is 1.35 bits per heavy atom. The number of carbonyl (C=O) groups excluding carboxylic acids is 1. The van der Waals surface area contributed by atoms with Crippen LogP contribution in [0.4, 0.5) is 0 Å². The molecule has 0 spiro atoms. The lowest BCUT2D eigenvalue weighted by Crippen LogP contribution is -2.42. The number of ether oxygens (including phenoxy) is 2. The van der Waals surface area contributed by atoms with Crippen molar-refractivity contribution >= 4 is 5.91 Å². The highest BCUT2D eigenvalue weighted by molar-refractivity contribution is 5.94. The Hall–Kier alpha value is -2.25. The highest BCUT2D eigenvalue weighted by Gasteiger charge is 2.29. The second kappa shape index (κ2) is 5.75. The molecule has 4 rings (SSSR count). The van der Waals surface area contributed by atoms with Gasteiger partial charge in [0.25, 0.3) is 5.91 Å². The van der Waals surface area contributed by atoms with Gasteiger partial charge >= 0.3 is 0 Å². The van der Waals surface area contributed by atoms with Crippen LogP contribution >= 0.6 is 0 Å². The van der Waals surface area contributed by atoms with Crippen LogP contribution in [0.1, 0.15) is 39.2 Å². The molecule has 0 unspecified atom stereocenters. The average molecular weight is 314 g/mol. The molecule has 2 aliphatic heterocycles. The number of H-pyrrole nitrogens is 1. The van der Waals surface area contributed by atoms with Gasteiger partial charge in [0, 0.05) is 12.1 Å². The fraction of sp³-hybridized carbons (Fsp3) is 0.438. The maximum absolute atomic E-state index is 12.8. The number of morpholine rings is 1. The third-order valence-electron chi connectivity index (χ3n) is 4.22. The highest BCUT2D eigenvalue weighted by Crippen LogP contribution is 2.24. The maximum Gasteiger partial charge on any atom is 0.254 e. The van der Waals surface area contributed by atoms with E-state index < -0.39 is 0 Å². The first-order chi connectivity index (χ1) is 11.2. The minimum Gasteiger partial charge on any atom is -0.372 e. The topological polar surface area (TPSA) is 80.3 Å². The van der Waals surface area contributed by atoms with E-state index in [0.717, 1.165) is 17.0 Å². The minimum atomic E-state index is -0.282. The predicted molar refractivity (Wildman–Crippen MR) is 80.7 cm³/mol. The SMILES string of the molecule is Cc1nc([C@H]2CN(C(=O)c3ccc4c(c3)COC4)CCO2)n[nH]1. The van der Waals surface area contributed by atoms with Gasteiger partial charge in [-0.15, -0.1) is 0 Å². The number of nitrogens with one attached hydrogen (secondary N) is 1. The molecule has 1 fully saturated rings. The third-order valence-corrected chi connectivity index (χ3v) is 4.22. The van der Waals surface area contributed by atoms with Gasteiger partial charge in [-0.2, -0.15) is 5.10 Å². The summed E-state index contributed by atoms with van der Waals surface area (Å²) in [7, 11) is 0. The molecule has 23 heavy (non-hydrogen) atoms. The molecule has 0 bridgehead atoms. The lowest BCUT2D eigenvalue weighted by Gasteiger charge is -2.31. The lowest BCUT2D eigenvalue weighted by molar-refractivity contribution is -0.0266. The van der Waals surface area contributed by atoms with Gasteiger partial charge in [0.2, 0.25) is 0 Å². The van der Waals surface area contributed by atoms with Gasteiger partial charge in [-0.25, -0.2) is 4.98 Å². The van der Waals surface area contributed by atoms with Crippen molar-refractivity contribution in [2.24, 2.45) is 0 Å². The standard InChI is InChI=1S/C16H18N4O3/c1-10-17-15(19-18-10)14-7-20(4-5-23-14)16(21)11-2-3-12-8-22-9-13(12)6-11/h2-3,6,14H,4-5,7-9H2,1H3,(H,17,18,19)/t14-/m1/s1. The number of nitrogens with zero attached hydrogens (tertiary/aromatic N) is 3. The Morgan fingerprint density at radius 2 is 2.22 bits per heavy atom. The molecule has 7 nitrogen and oxygen atoms in total. The number of fused-ring (bicyclic) bond motifs is 1. The number of aromatic nitrogens is 3. The smallest absolute Gasteiger partial charge is 0.254 e. The fourth-order valence-corrected chi connectivity index (χ4v) is 2.98. The van der Waals surface area contributed by atoms with E-state index in [1.807, 2.05) is 25.1 Å². The van der Waals surface area contributed by atoms with Crippen LogP contribution in [0.5, 0.6) is 0 Å². The van der Waals surface area contributed by atoms with E-state index in [0.29, 0.717) is 44.3 Å². The highest BCUT2D eigenvalue weighted by atomic mass is 16.5. The Balaban J connectivity index is 1.51. The molecule has 1 saturated heterocycles. The first-order valence-corrected chi connectivity index (χ1v) is 7.70. The summed E-state index contributed by atoms with van der Waals surface area (Å²) in [4.78, 5) is 18.9. The van der Waals surface area contributed by atoms with Crippen molar-refractivity contribution in [2.45, 2.75) is 26.2 Å². The molecule has 0 radical (unpaired) electrons. The normalized spacial score (nSPS) is 20.6. The fourth-order valence-electron chi connectivity index (χ4n) is 2.98. The first-order valence-electron chi connectivity index (χ1n) is 7.70. The van der Waals surface area contributed by atoms with Crippen LogP contribution in [0, 0.1) is 6.92 Å². The van der Waals surface area contributed by atoms with Gasteiger partial charge in [-0.3, -0.25) is 9.89 Å². The summed E-state index contributed by atoms with van der Waals surface area (Å²) in [6, 6.07) is 5.79. The molecule has 0 saturated carbocycles. The molecule has 120 valence electrons. The van der Waals surface area contributed by atoms with Crippen LogP contribution in [0.15, 0.2) is 18.2 Å². The molecule has 1 N–H and O–H groups in total. The summed E-state index contributed by atoms with van der Waals surface area (Å²) in [5.74, 6) is 1.35. The quantitative estimate of drug-likeness (QED) is 0.905. The number of amides is 1. The Morgan fingerprint density at radius 3 is 3.04 bits per heavy atom. The van der Waals surface area contributed by atoms with Crippen molar-refractivity contribution in [2.75, 3.05) is 19.7 Å². The molecule has 1 atom stereocenters. The molecule has 1 aromatic carbocycles. The summed E-state index contributed by atoms with van der Waals surface area (Å²) >= 11 is 0. The van der Waals surface area contributed by atoms with Gasteiger partial charge in [-0.05, 0) is 30.2 Å². The molecule has 3 heterocycles. The van der Waals surface area contributed by atoms with E-state index >= 15 is 0 Å². The van der Waals surface area contributed by atoms with Gasteiger partial charge < -0.3 is 14.4 Å². The predicted octanol–water partition coefficient (Wildman–Crippen LogP) is 1.36. The van der Waals surface area contributed by atoms with E-state index in [1.165, 1.54) is 0 Å². The number of carbonyl (C=O) groups is 1. The number of hydrogen-bond donors (Lipinski definition) is 1. The van der Waals surface area contributed by atoms with Crippen LogP contribution in [0.25, 0.3) is 0 Å². The average Bonchev–Trinajstić information content (AvgIpc) is 3.22. The van der Waals surface area contributed by atoms with Crippen LogP contribution < -0.4 is 0 Å². The molecule has 1 aromatic heterocycles. The van der Waals surface area contributed by atoms with Crippen molar-refractivity contribution in [3.05, 3.63) is 46.5 Å². The Labute approximate surface area is 133 Å². The molecular formula is C16H18N4O3. The van der Waals surface area contributed by atoms with Crippen LogP contribution in [0.3, 0.4) is 0 Å². The number of hydrogen-bond acceptors (Lipinski definition) is 5. The van der Waals surface area contributed by atoms with Gasteiger partial charge in [0.1, 0.15) is 11.9 Å². The van der Waals surface area contributed by atoms with Gasteiger partial charge in [-0.1, -0.05) is 6.07 Å². The minimum absolute atomic E-state index is 0.0141. The summed E-state index contributed by atoms with van der Waals surface area (Å²) in [5.41, 5.74) is 2.96. The zero-order valence-electron chi connectivity index (χ0n) is 12.9. The number of aromatic amines is 1. The molecule has 2 aromatic rings. The molecule has 1 amide bonds. The van der Waals surface area contributed by atoms with Crippen molar-refractivity contribution in [1.29, 1.82) is 0 Å². The van der Waals surface area contributed by atoms with E-state index in [2.05, 4.69) is 15.2 Å². The second-order valence-electron chi connectivity index (χ2n) is 5.87. The van der Waals surface area contributed by atoms with Crippen LogP contribution in [-0.2, 0) is 22.7 Å². The monoisotopic (exact) mass is 314 g/mol. The molecular weight excluding hydrogens is 296 g/mol. The Bertz CT molecular complexity index is 743. The van der Waals surface area contributed by atoms with E-state index in [4.69, 9.17) is 9.47 Å². The summed E-state index contributed by atoms with van der Waals surface area (Å²) in [6.07, 6.45) is -0.282. The van der Waals surface area contributed by atoms with E-state index in [9.17, 15) is 4.79 Å². The summed E-state index contributed by atoms with van der Waals surface area (Å²) in [6.45, 7) is 4.58. The van der Waals surface area contributed by atoms with Crippen molar-refractivity contribution in [3.63, 3.8) is 0 Å². The Kier molecular flexibility index (Phi) is 3.59. The number of benzene rings is 1. The zero-order chi connectivity index (χ0) is 15.8. The van der Waals surface area contributed by atoms with E-state index in [-0.39, 0.29) is 12.0 Å². The third kappa shape index (κ3) is 2.73. The summed E-state index contributed by atoms with van der Waals surface area (Å²) in [5, 5.41) is 6.95. The molecule has 7 heteroatoms. The van der Waals surface area contributed by atoms with Gasteiger partial charge in [0.05, 0.1) is 26.4 Å². The number of aryl methyl sites for hydroxylation is 1. The second-order valence-corrected chi connectivity index (χ2v) is 5.87. The zero-order valence-corrected chi connectivity index (χ0v) is 12.9. The van der Waals surface area contributed by atoms with Crippen LogP contribution in [-0.4, -0.2) is 45.7 Å². The van der Waals surface area contributed by atoms with Crippen molar-refractivity contribution in [3.8, 4) is 0 Å². The lowest BCUT2D eigenvalue weighted by atomic mass is 10.1. The molecule has 2 aliphatic rings. The van der Waals surface area contributed by atoms with E-state index in [1.54, 1.807) is 4.90 Å². The number of rotatable bonds is 2.